The molecular weight excluding hydrogens is 789 g/mol. The van der Waals surface area contributed by atoms with Gasteiger partial charge < -0.3 is 19.1 Å². The highest BCUT2D eigenvalue weighted by molar-refractivity contribution is 6.99. The van der Waals surface area contributed by atoms with E-state index in [1.165, 1.54) is 78.8 Å². The molecule has 3 aliphatic rings. The third-order valence-corrected chi connectivity index (χ3v) is 14.3. The summed E-state index contributed by atoms with van der Waals surface area (Å²) < 4.78 is 7.31. The van der Waals surface area contributed by atoms with Crippen LogP contribution in [0.15, 0.2) is 156 Å². The fourth-order valence-corrected chi connectivity index (χ4v) is 10.7. The van der Waals surface area contributed by atoms with Gasteiger partial charge in [0.2, 0.25) is 0 Å². The highest BCUT2D eigenvalue weighted by Gasteiger charge is 2.48. The van der Waals surface area contributed by atoms with Crippen LogP contribution in [0.1, 0.15) is 103 Å². The molecule has 0 unspecified atom stereocenters. The molecule has 2 aliphatic heterocycles. The first-order valence-electron chi connectivity index (χ1n) is 23.8. The van der Waals surface area contributed by atoms with Crippen molar-refractivity contribution in [1.29, 1.82) is 0 Å². The second-order valence-electron chi connectivity index (χ2n) is 21.7. The minimum absolute atomic E-state index is 0.0222. The second kappa shape index (κ2) is 15.1. The Labute approximate surface area is 386 Å². The lowest BCUT2D eigenvalue weighted by Gasteiger charge is -2.44. The molecule has 0 atom stereocenters. The van der Waals surface area contributed by atoms with Crippen molar-refractivity contribution in [2.75, 3.05) is 14.7 Å². The van der Waals surface area contributed by atoms with Crippen LogP contribution in [0.2, 0.25) is 0 Å². The lowest BCUT2D eigenvalue weighted by atomic mass is 9.35. The molecule has 0 amide bonds. The Bertz CT molecular complexity index is 3100. The highest BCUT2D eigenvalue weighted by Crippen LogP contribution is 2.50. The fourth-order valence-electron chi connectivity index (χ4n) is 10.7. The molecular formula is C60H60BN3O. The van der Waals surface area contributed by atoms with Gasteiger partial charge in [-0.15, -0.1) is 0 Å². The number of fused-ring (bicyclic) bond motifs is 7. The van der Waals surface area contributed by atoms with Crippen molar-refractivity contribution in [3.8, 4) is 0 Å². The summed E-state index contributed by atoms with van der Waals surface area (Å²) in [6, 6.07) is 57.3. The van der Waals surface area contributed by atoms with Crippen LogP contribution in [0.3, 0.4) is 0 Å². The summed E-state index contributed by atoms with van der Waals surface area (Å²) >= 11 is 0. The molecule has 4 nitrogen and oxygen atoms in total. The van der Waals surface area contributed by atoms with E-state index in [1.807, 2.05) is 0 Å². The Kier molecular flexibility index (Phi) is 9.56. The number of rotatable bonds is 5. The summed E-state index contributed by atoms with van der Waals surface area (Å²) in [5, 5.41) is 2.43. The molecule has 5 heteroatoms. The van der Waals surface area contributed by atoms with Crippen LogP contribution in [0, 0.1) is 0 Å². The van der Waals surface area contributed by atoms with Crippen molar-refractivity contribution in [2.45, 2.75) is 104 Å². The number of benzene rings is 7. The van der Waals surface area contributed by atoms with Gasteiger partial charge in [-0.3, -0.25) is 0 Å². The first-order valence-corrected chi connectivity index (χ1v) is 23.8. The number of hydrogen-bond acceptors (Lipinski definition) is 4. The number of para-hydroxylation sites is 1. The van der Waals surface area contributed by atoms with E-state index in [2.05, 4.69) is 229 Å². The molecule has 1 aliphatic carbocycles. The summed E-state index contributed by atoms with van der Waals surface area (Å²) in [6.07, 6.45) is 4.32. The molecule has 0 bridgehead atoms. The van der Waals surface area contributed by atoms with Gasteiger partial charge in [-0.1, -0.05) is 147 Å². The predicted molar refractivity (Wildman–Crippen MR) is 278 cm³/mol. The van der Waals surface area contributed by atoms with Gasteiger partial charge in [0, 0.05) is 57.2 Å². The molecule has 0 fully saturated rings. The van der Waals surface area contributed by atoms with Crippen LogP contribution in [-0.4, -0.2) is 6.71 Å². The third kappa shape index (κ3) is 6.89. The maximum atomic E-state index is 7.31. The molecule has 3 heterocycles. The largest absolute Gasteiger partial charge is 0.473 e. The zero-order valence-electron chi connectivity index (χ0n) is 39.6. The van der Waals surface area contributed by atoms with Crippen LogP contribution in [0.25, 0.3) is 10.8 Å². The first kappa shape index (κ1) is 41.3. The number of aryl methyl sites for hydroxylation is 1. The molecule has 0 N–H and O–H groups in total. The lowest BCUT2D eigenvalue weighted by Crippen LogP contribution is -2.61. The molecule has 0 saturated heterocycles. The van der Waals surface area contributed by atoms with E-state index in [0.717, 1.165) is 53.4 Å². The van der Waals surface area contributed by atoms with E-state index in [1.54, 1.807) is 0 Å². The molecule has 0 spiro atoms. The van der Waals surface area contributed by atoms with Gasteiger partial charge in [0.05, 0.1) is 17.0 Å². The summed E-state index contributed by atoms with van der Waals surface area (Å²) in [7, 11) is 0. The molecule has 0 saturated carbocycles. The summed E-state index contributed by atoms with van der Waals surface area (Å²) in [4.78, 5) is 7.59. The Morgan fingerprint density at radius 1 is 0.508 bits per heavy atom. The first-order chi connectivity index (χ1) is 31.1. The molecule has 7 aromatic carbocycles. The zero-order valence-corrected chi connectivity index (χ0v) is 39.6. The maximum Gasteiger partial charge on any atom is 0.297 e. The summed E-state index contributed by atoms with van der Waals surface area (Å²) in [5.41, 5.74) is 19.4. The quantitative estimate of drug-likeness (QED) is 0.161. The average molecular weight is 850 g/mol. The maximum absolute atomic E-state index is 7.31. The topological polar surface area (TPSA) is 22.9 Å². The van der Waals surface area contributed by atoms with E-state index in [4.69, 9.17) is 4.42 Å². The number of furan rings is 1. The van der Waals surface area contributed by atoms with Crippen molar-refractivity contribution >= 4 is 85.3 Å². The average Bonchev–Trinajstić information content (AvgIpc) is 3.68. The van der Waals surface area contributed by atoms with Crippen LogP contribution in [0.4, 0.5) is 51.2 Å². The number of anilines is 9. The van der Waals surface area contributed by atoms with Gasteiger partial charge in [0.15, 0.2) is 0 Å². The lowest BCUT2D eigenvalue weighted by molar-refractivity contribution is 0.497. The van der Waals surface area contributed by atoms with E-state index in [-0.39, 0.29) is 23.0 Å². The number of nitrogens with zero attached hydrogens (tertiary/aromatic N) is 3. The molecule has 8 aromatic rings. The smallest absolute Gasteiger partial charge is 0.297 e. The van der Waals surface area contributed by atoms with Crippen LogP contribution in [-0.2, 0) is 29.1 Å². The highest BCUT2D eigenvalue weighted by atomic mass is 16.3. The van der Waals surface area contributed by atoms with E-state index < -0.39 is 0 Å². The minimum atomic E-state index is -0.117. The minimum Gasteiger partial charge on any atom is -0.473 e. The fraction of sp³-hybridized carbons (Fsp3) is 0.267. The van der Waals surface area contributed by atoms with E-state index >= 15 is 0 Å². The van der Waals surface area contributed by atoms with Crippen molar-refractivity contribution in [3.63, 3.8) is 0 Å². The van der Waals surface area contributed by atoms with Gasteiger partial charge in [-0.05, 0) is 135 Å². The zero-order chi connectivity index (χ0) is 45.0. The van der Waals surface area contributed by atoms with E-state index in [0.29, 0.717) is 0 Å². The van der Waals surface area contributed by atoms with Gasteiger partial charge in [0.1, 0.15) is 5.76 Å². The second-order valence-corrected chi connectivity index (χ2v) is 21.7. The molecule has 1 aromatic heterocycles. The Morgan fingerprint density at radius 2 is 1.09 bits per heavy atom. The van der Waals surface area contributed by atoms with Gasteiger partial charge in [-0.25, -0.2) is 0 Å². The van der Waals surface area contributed by atoms with E-state index in [9.17, 15) is 0 Å². The summed E-state index contributed by atoms with van der Waals surface area (Å²) in [6.45, 7) is 20.7. The Balaban J connectivity index is 1.22. The molecule has 324 valence electrons. The van der Waals surface area contributed by atoms with Crippen molar-refractivity contribution < 1.29 is 4.42 Å². The Hall–Kier alpha value is -6.46. The summed E-state index contributed by atoms with van der Waals surface area (Å²) in [5.74, 6) is 1.16. The SMILES string of the molecule is CC(C)(C)c1ccc(N2c3cc(N(c4ccc(C(C)(C)C)cc4)c4cccc5ccccc45)ccc3B3c4oc5c(c4N(c4ccccc4)c4cc(C(C)(C)C)cc2c43)CCCC5)cc1. The van der Waals surface area contributed by atoms with Gasteiger partial charge in [0.25, 0.3) is 6.71 Å². The normalized spacial score (nSPS) is 14.5. The van der Waals surface area contributed by atoms with Crippen molar-refractivity contribution in [1.82, 2.24) is 0 Å². The predicted octanol–water partition coefficient (Wildman–Crippen LogP) is 14.8. The standard InChI is InChI=1S/C60H60BN3O/c1-58(2,3)40-26-30-44(31-27-40)62(50-24-17-19-39-18-13-14-22-47(39)50)46-34-35-49-51(38-46)63(45-32-28-41(29-33-45)59(4,5)6)52-36-42(60(7,8)9)37-53-55(52)61(49)57-56(48-23-15-16-25-54(48)65-57)64(53)43-20-11-10-12-21-43/h10-14,17-22,24,26-38H,15-16,23,25H2,1-9H3. The monoisotopic (exact) mass is 849 g/mol. The molecule has 0 radical (unpaired) electrons. The number of hydrogen-bond donors (Lipinski definition) is 0. The molecule has 65 heavy (non-hydrogen) atoms. The van der Waals surface area contributed by atoms with Crippen LogP contribution < -0.4 is 31.3 Å². The van der Waals surface area contributed by atoms with Crippen molar-refractivity contribution in [2.24, 2.45) is 0 Å². The van der Waals surface area contributed by atoms with Crippen LogP contribution >= 0.6 is 0 Å². The molecule has 11 rings (SSSR count). The van der Waals surface area contributed by atoms with Crippen LogP contribution in [0.5, 0.6) is 0 Å². The van der Waals surface area contributed by atoms with Crippen molar-refractivity contribution in [3.05, 3.63) is 180 Å². The van der Waals surface area contributed by atoms with Gasteiger partial charge >= 0.3 is 0 Å². The van der Waals surface area contributed by atoms with Gasteiger partial charge in [-0.2, -0.15) is 0 Å². The third-order valence-electron chi connectivity index (χ3n) is 14.3. The Morgan fingerprint density at radius 3 is 1.78 bits per heavy atom.